The van der Waals surface area contributed by atoms with Crippen LogP contribution in [0.1, 0.15) is 40.0 Å². The molecule has 2 aliphatic rings. The molecular formula is C11H21OPS2. The molecule has 1 saturated carbocycles. The molecule has 1 saturated heterocycles. The molecule has 1 aliphatic heterocycles. The van der Waals surface area contributed by atoms with Crippen molar-refractivity contribution in [3.8, 4) is 0 Å². The highest BCUT2D eigenvalue weighted by Gasteiger charge is 2.47. The third-order valence-electron chi connectivity index (χ3n) is 3.67. The molecule has 0 aromatic carbocycles. The van der Waals surface area contributed by atoms with Gasteiger partial charge in [0.05, 0.1) is 6.10 Å². The lowest BCUT2D eigenvalue weighted by molar-refractivity contribution is 0.0621. The summed E-state index contributed by atoms with van der Waals surface area (Å²) >= 11 is 7.54. The molecule has 1 nitrogen and oxygen atoms in total. The molecule has 88 valence electrons. The Kier molecular flexibility index (Phi) is 3.32. The van der Waals surface area contributed by atoms with Gasteiger partial charge in [-0.25, -0.2) is 0 Å². The first-order valence-corrected chi connectivity index (χ1v) is 10.4. The van der Waals surface area contributed by atoms with E-state index in [4.69, 9.17) is 16.3 Å². The standard InChI is InChI=1S/C11H21OPS2/c1-8-5-6-9-10(7-8)12-13(4,14)15-11(9,2)3/h8-10H,5-7H2,1-4H3/t8?,9?,10?,13-/m0/s1. The average molecular weight is 264 g/mol. The van der Waals surface area contributed by atoms with Crippen LogP contribution in [-0.4, -0.2) is 17.5 Å². The minimum absolute atomic E-state index is 0.327. The lowest BCUT2D eigenvalue weighted by Gasteiger charge is -2.50. The van der Waals surface area contributed by atoms with Crippen LogP contribution in [0.5, 0.6) is 0 Å². The molecule has 1 heterocycles. The Labute approximate surface area is 103 Å². The van der Waals surface area contributed by atoms with Gasteiger partial charge in [0.25, 0.3) is 0 Å². The Morgan fingerprint density at radius 2 is 2.07 bits per heavy atom. The molecule has 4 atom stereocenters. The van der Waals surface area contributed by atoms with Gasteiger partial charge in [-0.1, -0.05) is 36.5 Å². The Bertz CT molecular complexity index is 303. The second-order valence-corrected chi connectivity index (χ2v) is 14.0. The van der Waals surface area contributed by atoms with Crippen molar-refractivity contribution in [3.05, 3.63) is 0 Å². The lowest BCUT2D eigenvalue weighted by atomic mass is 9.75. The van der Waals surface area contributed by atoms with E-state index in [-0.39, 0.29) is 0 Å². The van der Waals surface area contributed by atoms with Crippen LogP contribution in [0.2, 0.25) is 0 Å². The van der Waals surface area contributed by atoms with Gasteiger partial charge in [0.15, 0.2) is 0 Å². The third-order valence-corrected chi connectivity index (χ3v) is 9.03. The summed E-state index contributed by atoms with van der Waals surface area (Å²) in [5.74, 6) is 1.54. The van der Waals surface area contributed by atoms with Crippen molar-refractivity contribution in [1.29, 1.82) is 0 Å². The minimum Gasteiger partial charge on any atom is -0.338 e. The van der Waals surface area contributed by atoms with Crippen LogP contribution in [0.4, 0.5) is 0 Å². The van der Waals surface area contributed by atoms with Crippen molar-refractivity contribution in [1.82, 2.24) is 0 Å². The van der Waals surface area contributed by atoms with E-state index >= 15 is 0 Å². The van der Waals surface area contributed by atoms with Gasteiger partial charge >= 0.3 is 0 Å². The number of rotatable bonds is 0. The molecule has 0 amide bonds. The van der Waals surface area contributed by atoms with E-state index in [2.05, 4.69) is 27.4 Å². The first-order chi connectivity index (χ1) is 6.80. The SMILES string of the molecule is CC1CCC2C(C1)O[P@@](C)(=S)SC2(C)C. The molecule has 0 spiro atoms. The maximum atomic E-state index is 6.17. The summed E-state index contributed by atoms with van der Waals surface area (Å²) in [6, 6.07) is 0. The van der Waals surface area contributed by atoms with Crippen molar-refractivity contribution in [2.75, 3.05) is 6.66 Å². The van der Waals surface area contributed by atoms with Gasteiger partial charge in [0.1, 0.15) is 5.47 Å². The lowest BCUT2D eigenvalue weighted by Crippen LogP contribution is -2.44. The summed E-state index contributed by atoms with van der Waals surface area (Å²) < 4.78 is 6.50. The molecule has 2 rings (SSSR count). The molecule has 0 N–H and O–H groups in total. The van der Waals surface area contributed by atoms with Crippen LogP contribution in [0.3, 0.4) is 0 Å². The molecule has 1 aliphatic carbocycles. The first kappa shape index (κ1) is 12.4. The van der Waals surface area contributed by atoms with E-state index in [1.54, 1.807) is 0 Å². The predicted octanol–water partition coefficient (Wildman–Crippen LogP) is 4.27. The van der Waals surface area contributed by atoms with Crippen LogP contribution >= 0.6 is 16.8 Å². The number of fused-ring (bicyclic) bond motifs is 1. The molecule has 2 fully saturated rings. The predicted molar refractivity (Wildman–Crippen MR) is 73.3 cm³/mol. The van der Waals surface area contributed by atoms with Gasteiger partial charge in [-0.15, -0.1) is 0 Å². The highest BCUT2D eigenvalue weighted by atomic mass is 32.9. The summed E-state index contributed by atoms with van der Waals surface area (Å²) in [6.07, 6.45) is 4.35. The van der Waals surface area contributed by atoms with E-state index in [0.29, 0.717) is 10.9 Å². The topological polar surface area (TPSA) is 9.23 Å². The average Bonchev–Trinajstić information content (AvgIpc) is 1.97. The highest BCUT2D eigenvalue weighted by Crippen LogP contribution is 2.70. The van der Waals surface area contributed by atoms with Crippen LogP contribution < -0.4 is 0 Å². The molecule has 0 radical (unpaired) electrons. The van der Waals surface area contributed by atoms with Gasteiger partial charge in [0, 0.05) is 10.7 Å². The van der Waals surface area contributed by atoms with E-state index in [1.165, 1.54) is 19.3 Å². The van der Waals surface area contributed by atoms with Gasteiger partial charge in [0.2, 0.25) is 0 Å². The zero-order chi connectivity index (χ0) is 11.3. The molecule has 0 bridgehead atoms. The summed E-state index contributed by atoms with van der Waals surface area (Å²) in [7, 11) is 0. The monoisotopic (exact) mass is 264 g/mol. The summed E-state index contributed by atoms with van der Waals surface area (Å²) in [5, 5.41) is 0. The zero-order valence-corrected chi connectivity index (χ0v) is 12.6. The Morgan fingerprint density at radius 3 is 2.73 bits per heavy atom. The van der Waals surface area contributed by atoms with Crippen molar-refractivity contribution in [2.24, 2.45) is 11.8 Å². The molecule has 0 aromatic rings. The Morgan fingerprint density at radius 1 is 1.40 bits per heavy atom. The fourth-order valence-electron chi connectivity index (χ4n) is 3.00. The molecular weight excluding hydrogens is 243 g/mol. The molecule has 15 heavy (non-hydrogen) atoms. The summed E-state index contributed by atoms with van der Waals surface area (Å²) in [5.41, 5.74) is -1.57. The van der Waals surface area contributed by atoms with E-state index in [1.807, 2.05) is 11.4 Å². The molecule has 4 heteroatoms. The van der Waals surface area contributed by atoms with Crippen molar-refractivity contribution in [2.45, 2.75) is 50.9 Å². The van der Waals surface area contributed by atoms with Crippen LogP contribution in [-0.2, 0) is 16.3 Å². The van der Waals surface area contributed by atoms with Crippen molar-refractivity contribution < 1.29 is 4.52 Å². The first-order valence-electron chi connectivity index (χ1n) is 5.77. The fourth-order valence-corrected chi connectivity index (χ4v) is 10.5. The maximum Gasteiger partial charge on any atom is 0.117 e. The smallest absolute Gasteiger partial charge is 0.117 e. The van der Waals surface area contributed by atoms with Crippen LogP contribution in [0.15, 0.2) is 0 Å². The Hall–Kier alpha value is 0.960. The summed E-state index contributed by atoms with van der Waals surface area (Å²) in [6.45, 7) is 9.20. The quantitative estimate of drug-likeness (QED) is 0.605. The van der Waals surface area contributed by atoms with E-state index in [0.717, 1.165) is 11.8 Å². The molecule has 3 unspecified atom stereocenters. The van der Waals surface area contributed by atoms with Crippen LogP contribution in [0.25, 0.3) is 0 Å². The minimum atomic E-state index is -1.57. The number of hydrogen-bond acceptors (Lipinski definition) is 3. The maximum absolute atomic E-state index is 6.17. The van der Waals surface area contributed by atoms with E-state index < -0.39 is 5.47 Å². The highest BCUT2D eigenvalue weighted by molar-refractivity contribution is 8.69. The zero-order valence-electron chi connectivity index (χ0n) is 10.0. The van der Waals surface area contributed by atoms with Gasteiger partial charge in [-0.2, -0.15) is 0 Å². The van der Waals surface area contributed by atoms with Crippen molar-refractivity contribution in [3.63, 3.8) is 0 Å². The largest absolute Gasteiger partial charge is 0.338 e. The second kappa shape index (κ2) is 4.01. The fraction of sp³-hybridized carbons (Fsp3) is 1.00. The summed E-state index contributed by atoms with van der Waals surface area (Å²) in [4.78, 5) is 0. The number of hydrogen-bond donors (Lipinski definition) is 0. The van der Waals surface area contributed by atoms with Crippen LogP contribution in [0, 0.1) is 11.8 Å². The second-order valence-electron chi connectivity index (χ2n) is 5.63. The Balaban J connectivity index is 2.22. The van der Waals surface area contributed by atoms with Gasteiger partial charge in [-0.3, -0.25) is 0 Å². The van der Waals surface area contributed by atoms with Gasteiger partial charge in [-0.05, 0) is 39.3 Å². The molecule has 0 aromatic heterocycles. The normalized spacial score (nSPS) is 49.7. The van der Waals surface area contributed by atoms with Gasteiger partial charge < -0.3 is 4.52 Å². The van der Waals surface area contributed by atoms with E-state index in [9.17, 15) is 0 Å². The van der Waals surface area contributed by atoms with Crippen molar-refractivity contribution >= 4 is 28.7 Å². The third kappa shape index (κ3) is 2.62.